The summed E-state index contributed by atoms with van der Waals surface area (Å²) in [4.78, 5) is 4.18. The van der Waals surface area contributed by atoms with Crippen molar-refractivity contribution in [3.8, 4) is 0 Å². The standard InChI is InChI=1S/C12H20ClN3/c1-3-4-5-6-9(2)16-12-11(14)7-10(13)8-15-12/h7-9H,3-6,14H2,1-2H3,(H,15,16). The van der Waals surface area contributed by atoms with Crippen LogP contribution in [0.15, 0.2) is 12.3 Å². The summed E-state index contributed by atoms with van der Waals surface area (Å²) in [5.74, 6) is 0.730. The fourth-order valence-electron chi connectivity index (χ4n) is 1.58. The van der Waals surface area contributed by atoms with Gasteiger partial charge in [-0.15, -0.1) is 0 Å². The molecule has 3 nitrogen and oxygen atoms in total. The normalized spacial score (nSPS) is 12.4. The number of unbranched alkanes of at least 4 members (excludes halogenated alkanes) is 2. The number of anilines is 2. The Morgan fingerprint density at radius 2 is 2.25 bits per heavy atom. The molecule has 0 aliphatic heterocycles. The van der Waals surface area contributed by atoms with E-state index in [-0.39, 0.29) is 0 Å². The number of nitrogens with zero attached hydrogens (tertiary/aromatic N) is 1. The molecule has 1 rings (SSSR count). The molecular formula is C12H20ClN3. The SMILES string of the molecule is CCCCCC(C)Nc1ncc(Cl)cc1N. The van der Waals surface area contributed by atoms with Crippen LogP contribution in [0, 0.1) is 0 Å². The fraction of sp³-hybridized carbons (Fsp3) is 0.583. The molecule has 0 aromatic carbocycles. The summed E-state index contributed by atoms with van der Waals surface area (Å²) in [5.41, 5.74) is 6.42. The minimum Gasteiger partial charge on any atom is -0.396 e. The molecule has 0 spiro atoms. The van der Waals surface area contributed by atoms with Crippen molar-refractivity contribution in [3.05, 3.63) is 17.3 Å². The van der Waals surface area contributed by atoms with E-state index in [9.17, 15) is 0 Å². The monoisotopic (exact) mass is 241 g/mol. The summed E-state index contributed by atoms with van der Waals surface area (Å²) in [6.45, 7) is 4.35. The molecule has 1 heterocycles. The fourth-order valence-corrected chi connectivity index (χ4v) is 1.75. The van der Waals surface area contributed by atoms with Gasteiger partial charge in [-0.05, 0) is 19.4 Å². The van der Waals surface area contributed by atoms with Crippen molar-refractivity contribution < 1.29 is 0 Å². The number of nitrogens with two attached hydrogens (primary N) is 1. The van der Waals surface area contributed by atoms with Gasteiger partial charge in [-0.1, -0.05) is 37.8 Å². The number of pyridine rings is 1. The largest absolute Gasteiger partial charge is 0.396 e. The summed E-state index contributed by atoms with van der Waals surface area (Å²) < 4.78 is 0. The quantitative estimate of drug-likeness (QED) is 0.747. The Balaban J connectivity index is 2.46. The van der Waals surface area contributed by atoms with E-state index in [2.05, 4.69) is 24.1 Å². The Labute approximate surface area is 102 Å². The van der Waals surface area contributed by atoms with Crippen LogP contribution in [0.25, 0.3) is 0 Å². The lowest BCUT2D eigenvalue weighted by atomic mass is 10.1. The van der Waals surface area contributed by atoms with Crippen LogP contribution < -0.4 is 11.1 Å². The number of aromatic nitrogens is 1. The molecular weight excluding hydrogens is 222 g/mol. The van der Waals surface area contributed by atoms with E-state index in [4.69, 9.17) is 17.3 Å². The van der Waals surface area contributed by atoms with Gasteiger partial charge in [-0.3, -0.25) is 0 Å². The number of rotatable bonds is 6. The van der Waals surface area contributed by atoms with Crippen LogP contribution in [0.5, 0.6) is 0 Å². The maximum Gasteiger partial charge on any atom is 0.149 e. The van der Waals surface area contributed by atoms with Gasteiger partial charge < -0.3 is 11.1 Å². The molecule has 90 valence electrons. The van der Waals surface area contributed by atoms with E-state index < -0.39 is 0 Å². The van der Waals surface area contributed by atoms with Gasteiger partial charge in [0.25, 0.3) is 0 Å². The second-order valence-corrected chi connectivity index (χ2v) is 4.57. The number of nitrogens with one attached hydrogen (secondary N) is 1. The minimum atomic E-state index is 0.391. The third-order valence-electron chi connectivity index (χ3n) is 2.51. The zero-order valence-corrected chi connectivity index (χ0v) is 10.7. The maximum atomic E-state index is 5.82. The predicted molar refractivity (Wildman–Crippen MR) is 70.9 cm³/mol. The first-order chi connectivity index (χ1) is 7.63. The molecule has 0 bridgehead atoms. The van der Waals surface area contributed by atoms with Crippen molar-refractivity contribution in [3.63, 3.8) is 0 Å². The molecule has 4 heteroatoms. The lowest BCUT2D eigenvalue weighted by Gasteiger charge is -2.15. The van der Waals surface area contributed by atoms with Gasteiger partial charge >= 0.3 is 0 Å². The Kier molecular flexibility index (Phi) is 5.39. The van der Waals surface area contributed by atoms with Crippen LogP contribution in [0.3, 0.4) is 0 Å². The van der Waals surface area contributed by atoms with E-state index >= 15 is 0 Å². The van der Waals surface area contributed by atoms with Crippen LogP contribution in [0.2, 0.25) is 5.02 Å². The van der Waals surface area contributed by atoms with E-state index in [1.165, 1.54) is 19.3 Å². The van der Waals surface area contributed by atoms with Gasteiger partial charge in [-0.2, -0.15) is 0 Å². The predicted octanol–water partition coefficient (Wildman–Crippen LogP) is 3.70. The average Bonchev–Trinajstić information content (AvgIpc) is 2.23. The lowest BCUT2D eigenvalue weighted by Crippen LogP contribution is -2.16. The Morgan fingerprint density at radius 3 is 2.88 bits per heavy atom. The van der Waals surface area contributed by atoms with Crippen molar-refractivity contribution in [1.29, 1.82) is 0 Å². The number of hydrogen-bond donors (Lipinski definition) is 2. The second-order valence-electron chi connectivity index (χ2n) is 4.13. The Bertz CT molecular complexity index is 328. The summed E-state index contributed by atoms with van der Waals surface area (Å²) in [6, 6.07) is 2.11. The van der Waals surface area contributed by atoms with Crippen LogP contribution in [-0.4, -0.2) is 11.0 Å². The van der Waals surface area contributed by atoms with Crippen molar-refractivity contribution in [1.82, 2.24) is 4.98 Å². The lowest BCUT2D eigenvalue weighted by molar-refractivity contribution is 0.614. The van der Waals surface area contributed by atoms with Crippen LogP contribution >= 0.6 is 11.6 Å². The van der Waals surface area contributed by atoms with Crippen molar-refractivity contribution in [2.24, 2.45) is 0 Å². The van der Waals surface area contributed by atoms with E-state index in [1.807, 2.05) is 0 Å². The highest BCUT2D eigenvalue weighted by atomic mass is 35.5. The van der Waals surface area contributed by atoms with Gasteiger partial charge in [0.2, 0.25) is 0 Å². The van der Waals surface area contributed by atoms with Crippen molar-refractivity contribution in [2.45, 2.75) is 45.6 Å². The molecule has 1 atom stereocenters. The molecule has 1 aromatic heterocycles. The number of hydrogen-bond acceptors (Lipinski definition) is 3. The topological polar surface area (TPSA) is 50.9 Å². The average molecular weight is 242 g/mol. The molecule has 16 heavy (non-hydrogen) atoms. The third kappa shape index (κ3) is 4.27. The van der Waals surface area contributed by atoms with E-state index in [0.29, 0.717) is 16.8 Å². The minimum absolute atomic E-state index is 0.391. The van der Waals surface area contributed by atoms with E-state index in [1.54, 1.807) is 12.3 Å². The highest BCUT2D eigenvalue weighted by Crippen LogP contribution is 2.20. The molecule has 0 fully saturated rings. The highest BCUT2D eigenvalue weighted by Gasteiger charge is 2.06. The van der Waals surface area contributed by atoms with Crippen molar-refractivity contribution in [2.75, 3.05) is 11.1 Å². The molecule has 0 aliphatic carbocycles. The van der Waals surface area contributed by atoms with Gasteiger partial charge in [0.15, 0.2) is 0 Å². The number of halogens is 1. The van der Waals surface area contributed by atoms with Gasteiger partial charge in [0.05, 0.1) is 10.7 Å². The summed E-state index contributed by atoms with van der Waals surface area (Å²) >= 11 is 5.79. The zero-order valence-electron chi connectivity index (χ0n) is 9.96. The second kappa shape index (κ2) is 6.59. The zero-order chi connectivity index (χ0) is 12.0. The summed E-state index contributed by atoms with van der Waals surface area (Å²) in [6.07, 6.45) is 6.50. The van der Waals surface area contributed by atoms with Crippen molar-refractivity contribution >= 4 is 23.1 Å². The summed E-state index contributed by atoms with van der Waals surface area (Å²) in [7, 11) is 0. The molecule has 1 aromatic rings. The maximum absolute atomic E-state index is 5.82. The molecule has 3 N–H and O–H groups in total. The van der Waals surface area contributed by atoms with Gasteiger partial charge in [-0.25, -0.2) is 4.98 Å². The van der Waals surface area contributed by atoms with Crippen LogP contribution in [0.4, 0.5) is 11.5 Å². The molecule has 0 radical (unpaired) electrons. The third-order valence-corrected chi connectivity index (χ3v) is 2.71. The smallest absolute Gasteiger partial charge is 0.149 e. The Morgan fingerprint density at radius 1 is 1.50 bits per heavy atom. The Hall–Kier alpha value is -0.960. The molecule has 0 amide bonds. The van der Waals surface area contributed by atoms with Crippen LogP contribution in [-0.2, 0) is 0 Å². The van der Waals surface area contributed by atoms with Gasteiger partial charge in [0.1, 0.15) is 5.82 Å². The first kappa shape index (κ1) is 13.1. The highest BCUT2D eigenvalue weighted by molar-refractivity contribution is 6.30. The number of nitrogen functional groups attached to an aromatic ring is 1. The van der Waals surface area contributed by atoms with Gasteiger partial charge in [0, 0.05) is 12.2 Å². The van der Waals surface area contributed by atoms with E-state index in [0.717, 1.165) is 12.2 Å². The molecule has 0 saturated carbocycles. The summed E-state index contributed by atoms with van der Waals surface area (Å²) in [5, 5.41) is 3.87. The molecule has 0 aliphatic rings. The molecule has 0 saturated heterocycles. The molecule has 1 unspecified atom stereocenters. The first-order valence-corrected chi connectivity index (χ1v) is 6.18. The first-order valence-electron chi connectivity index (χ1n) is 5.81. The van der Waals surface area contributed by atoms with Crippen LogP contribution in [0.1, 0.15) is 39.5 Å².